The van der Waals surface area contributed by atoms with E-state index in [1.165, 1.54) is 0 Å². The van der Waals surface area contributed by atoms with E-state index < -0.39 is 0 Å². The zero-order valence-corrected chi connectivity index (χ0v) is 20.9. The summed E-state index contributed by atoms with van der Waals surface area (Å²) in [6, 6.07) is 3.49. The van der Waals surface area contributed by atoms with Gasteiger partial charge in [-0.3, -0.25) is 9.58 Å². The number of fused-ring (bicyclic) bond motifs is 1. The maximum Gasteiger partial charge on any atom is 0.222 e. The molecular formula is C25H34FN7O3. The quantitative estimate of drug-likeness (QED) is 0.409. The molecule has 2 aliphatic heterocycles. The van der Waals surface area contributed by atoms with Crippen LogP contribution in [0.4, 0.5) is 16.2 Å². The Balaban J connectivity index is 1.38. The number of aliphatic hydroxyl groups excluding tert-OH is 1. The summed E-state index contributed by atoms with van der Waals surface area (Å²) in [5.41, 5.74) is 8.73. The number of unbranched alkanes of at least 4 members (excludes halogenated alkanes) is 1. The lowest BCUT2D eigenvalue weighted by Crippen LogP contribution is -2.65. The standard InChI is InChI=1S/C25H34FN7O3/c1-3-4-5-32(6-7-34)23-22-20(28-24(27)29-23)12-33(30-22)11-18-19(26)8-17(9-21(18)35-2)10-31-13-25(14-31)15-36-16-25/h8-9,12,34H,3-7,10-11,13-16H2,1-2H3,(H2,27,28). The molecule has 1 spiro atoms. The number of halogens is 1. The first-order valence-corrected chi connectivity index (χ1v) is 12.5. The highest BCUT2D eigenvalue weighted by atomic mass is 19.1. The molecule has 1 aromatic carbocycles. The maximum absolute atomic E-state index is 15.3. The number of aliphatic hydroxyl groups is 1. The third kappa shape index (κ3) is 4.82. The lowest BCUT2D eigenvalue weighted by Gasteiger charge is -2.55. The van der Waals surface area contributed by atoms with Crippen molar-refractivity contribution in [1.29, 1.82) is 0 Å². The number of ether oxygens (including phenoxy) is 2. The van der Waals surface area contributed by atoms with Crippen molar-refractivity contribution in [2.75, 3.05) is 63.7 Å². The highest BCUT2D eigenvalue weighted by Gasteiger charge is 2.48. The Bertz CT molecular complexity index is 1220. The van der Waals surface area contributed by atoms with Crippen LogP contribution in [0.1, 0.15) is 30.9 Å². The Morgan fingerprint density at radius 1 is 1.22 bits per heavy atom. The van der Waals surface area contributed by atoms with E-state index in [0.29, 0.717) is 53.2 Å². The number of hydrogen-bond donors (Lipinski definition) is 2. The minimum absolute atomic E-state index is 0.0171. The number of nitrogens with two attached hydrogens (primary N) is 1. The van der Waals surface area contributed by atoms with Gasteiger partial charge in [-0.25, -0.2) is 9.37 Å². The smallest absolute Gasteiger partial charge is 0.222 e. The zero-order chi connectivity index (χ0) is 25.3. The van der Waals surface area contributed by atoms with Crippen LogP contribution in [-0.4, -0.2) is 82.9 Å². The number of nitrogen functional groups attached to an aromatic ring is 1. The molecule has 4 heterocycles. The molecule has 2 fully saturated rings. The number of rotatable bonds is 11. The molecule has 3 aromatic rings. The van der Waals surface area contributed by atoms with Crippen LogP contribution in [0, 0.1) is 11.2 Å². The van der Waals surface area contributed by atoms with E-state index in [-0.39, 0.29) is 24.9 Å². The molecule has 36 heavy (non-hydrogen) atoms. The summed E-state index contributed by atoms with van der Waals surface area (Å²) >= 11 is 0. The summed E-state index contributed by atoms with van der Waals surface area (Å²) < 4.78 is 27.9. The number of likely N-dealkylation sites (tertiary alicyclic amines) is 1. The van der Waals surface area contributed by atoms with E-state index in [1.54, 1.807) is 24.1 Å². The lowest BCUT2D eigenvalue weighted by atomic mass is 9.78. The van der Waals surface area contributed by atoms with Crippen molar-refractivity contribution in [1.82, 2.24) is 24.6 Å². The maximum atomic E-state index is 15.3. The Hall–Kier alpha value is -3.02. The second-order valence-electron chi connectivity index (χ2n) is 9.93. The molecule has 3 N–H and O–H groups in total. The predicted octanol–water partition coefficient (Wildman–Crippen LogP) is 2.04. The van der Waals surface area contributed by atoms with E-state index in [0.717, 1.165) is 44.7 Å². The largest absolute Gasteiger partial charge is 0.496 e. The van der Waals surface area contributed by atoms with Gasteiger partial charge in [-0.1, -0.05) is 13.3 Å². The van der Waals surface area contributed by atoms with Crippen LogP contribution in [0.5, 0.6) is 5.75 Å². The molecule has 0 aliphatic carbocycles. The van der Waals surface area contributed by atoms with E-state index in [4.69, 9.17) is 15.2 Å². The number of hydrogen-bond acceptors (Lipinski definition) is 9. The van der Waals surface area contributed by atoms with Gasteiger partial charge < -0.3 is 25.2 Å². The molecular weight excluding hydrogens is 465 g/mol. The summed E-state index contributed by atoms with van der Waals surface area (Å²) in [4.78, 5) is 13.0. The summed E-state index contributed by atoms with van der Waals surface area (Å²) in [6.07, 6.45) is 3.68. The van der Waals surface area contributed by atoms with E-state index in [9.17, 15) is 5.11 Å². The Morgan fingerprint density at radius 2 is 2.03 bits per heavy atom. The molecule has 0 bridgehead atoms. The van der Waals surface area contributed by atoms with Gasteiger partial charge in [0.25, 0.3) is 0 Å². The third-order valence-corrected chi connectivity index (χ3v) is 6.96. The van der Waals surface area contributed by atoms with Crippen molar-refractivity contribution in [3.05, 3.63) is 35.3 Å². The fourth-order valence-electron chi connectivity index (χ4n) is 5.16. The van der Waals surface area contributed by atoms with Gasteiger partial charge in [-0.2, -0.15) is 10.1 Å². The van der Waals surface area contributed by atoms with Gasteiger partial charge in [0.2, 0.25) is 5.95 Å². The highest BCUT2D eigenvalue weighted by molar-refractivity contribution is 5.86. The fourth-order valence-corrected chi connectivity index (χ4v) is 5.16. The molecule has 2 aliphatic rings. The molecule has 0 atom stereocenters. The Labute approximate surface area is 209 Å². The summed E-state index contributed by atoms with van der Waals surface area (Å²) in [6.45, 7) is 7.68. The van der Waals surface area contributed by atoms with E-state index in [2.05, 4.69) is 26.9 Å². The van der Waals surface area contributed by atoms with Crippen LogP contribution < -0.4 is 15.4 Å². The topological polar surface area (TPSA) is 115 Å². The molecule has 0 amide bonds. The lowest BCUT2D eigenvalue weighted by molar-refractivity contribution is -0.191. The van der Waals surface area contributed by atoms with Crippen molar-refractivity contribution < 1.29 is 19.0 Å². The van der Waals surface area contributed by atoms with Crippen molar-refractivity contribution >= 4 is 22.8 Å². The average Bonchev–Trinajstić information content (AvgIpc) is 3.20. The number of anilines is 2. The first kappa shape index (κ1) is 24.7. The minimum Gasteiger partial charge on any atom is -0.496 e. The van der Waals surface area contributed by atoms with Crippen molar-refractivity contribution in [2.24, 2.45) is 5.41 Å². The highest BCUT2D eigenvalue weighted by Crippen LogP contribution is 2.38. The zero-order valence-electron chi connectivity index (χ0n) is 20.9. The van der Waals surface area contributed by atoms with Gasteiger partial charge >= 0.3 is 0 Å². The molecule has 11 heteroatoms. The molecule has 10 nitrogen and oxygen atoms in total. The van der Waals surface area contributed by atoms with E-state index in [1.807, 2.05) is 11.0 Å². The summed E-state index contributed by atoms with van der Waals surface area (Å²) in [5.74, 6) is 0.862. The predicted molar refractivity (Wildman–Crippen MR) is 135 cm³/mol. The van der Waals surface area contributed by atoms with Crippen molar-refractivity contribution in [3.63, 3.8) is 0 Å². The van der Waals surface area contributed by atoms with Crippen molar-refractivity contribution in [3.8, 4) is 5.75 Å². The SMILES string of the molecule is CCCCN(CCO)c1nc(N)nc2cn(Cc3c(F)cc(CN4CC5(COC5)C4)cc3OC)nc12. The number of nitrogens with zero attached hydrogens (tertiary/aromatic N) is 6. The van der Waals surface area contributed by atoms with Crippen LogP contribution in [-0.2, 0) is 17.8 Å². The van der Waals surface area contributed by atoms with Gasteiger partial charge in [0, 0.05) is 38.1 Å². The fraction of sp³-hybridized carbons (Fsp3) is 0.560. The van der Waals surface area contributed by atoms with Gasteiger partial charge in [-0.15, -0.1) is 0 Å². The first-order valence-electron chi connectivity index (χ1n) is 12.5. The van der Waals surface area contributed by atoms with E-state index >= 15 is 4.39 Å². The number of benzene rings is 1. The molecule has 0 saturated carbocycles. The van der Waals surface area contributed by atoms with Crippen LogP contribution in [0.25, 0.3) is 11.0 Å². The molecule has 5 rings (SSSR count). The molecule has 2 aromatic heterocycles. The molecule has 2 saturated heterocycles. The normalized spacial score (nSPS) is 16.8. The van der Waals surface area contributed by atoms with Crippen LogP contribution in [0.2, 0.25) is 0 Å². The van der Waals surface area contributed by atoms with Crippen LogP contribution in [0.15, 0.2) is 18.3 Å². The number of methoxy groups -OCH3 is 1. The molecule has 0 radical (unpaired) electrons. The Kier molecular flexibility index (Phi) is 6.96. The summed E-state index contributed by atoms with van der Waals surface area (Å²) in [5, 5.41) is 14.2. The summed E-state index contributed by atoms with van der Waals surface area (Å²) in [7, 11) is 1.55. The van der Waals surface area contributed by atoms with Crippen LogP contribution >= 0.6 is 0 Å². The first-order chi connectivity index (χ1) is 17.4. The second-order valence-corrected chi connectivity index (χ2v) is 9.93. The third-order valence-electron chi connectivity index (χ3n) is 6.96. The Morgan fingerprint density at radius 3 is 2.69 bits per heavy atom. The number of aromatic nitrogens is 4. The van der Waals surface area contributed by atoms with Crippen LogP contribution in [0.3, 0.4) is 0 Å². The monoisotopic (exact) mass is 499 g/mol. The average molecular weight is 500 g/mol. The van der Waals surface area contributed by atoms with Gasteiger partial charge in [0.1, 0.15) is 17.1 Å². The molecule has 0 unspecified atom stereocenters. The van der Waals surface area contributed by atoms with Gasteiger partial charge in [0.15, 0.2) is 11.3 Å². The minimum atomic E-state index is -0.332. The molecule has 194 valence electrons. The van der Waals surface area contributed by atoms with Crippen molar-refractivity contribution in [2.45, 2.75) is 32.9 Å². The van der Waals surface area contributed by atoms with Gasteiger partial charge in [0.05, 0.1) is 45.2 Å². The van der Waals surface area contributed by atoms with Gasteiger partial charge in [-0.05, 0) is 24.1 Å². The second kappa shape index (κ2) is 10.2.